The zero-order chi connectivity index (χ0) is 21.6. The molecule has 4 atom stereocenters. The summed E-state index contributed by atoms with van der Waals surface area (Å²) in [6.07, 6.45) is 0.0177. The zero-order valence-corrected chi connectivity index (χ0v) is 19.0. The van der Waals surface area contributed by atoms with Gasteiger partial charge in [-0.05, 0) is 40.0 Å². The van der Waals surface area contributed by atoms with Crippen molar-refractivity contribution in [3.8, 4) is 0 Å². The molecule has 0 rings (SSSR count). The van der Waals surface area contributed by atoms with Crippen molar-refractivity contribution in [1.29, 1.82) is 0 Å². The minimum atomic E-state index is -0.856. The summed E-state index contributed by atoms with van der Waals surface area (Å²) in [7, 11) is 3.15. The second kappa shape index (κ2) is 10.4. The van der Waals surface area contributed by atoms with Gasteiger partial charge in [0.05, 0.1) is 24.0 Å². The van der Waals surface area contributed by atoms with Crippen LogP contribution in [-0.4, -0.2) is 43.8 Å². The lowest BCUT2D eigenvalue weighted by atomic mass is 9.72. The predicted molar refractivity (Wildman–Crippen MR) is 109 cm³/mol. The Balaban J connectivity index is 5.34. The summed E-state index contributed by atoms with van der Waals surface area (Å²) in [5, 5.41) is 0. The number of methoxy groups -OCH3 is 2. The van der Waals surface area contributed by atoms with Gasteiger partial charge in [0.1, 0.15) is 11.4 Å². The number of ether oxygens (including phenoxy) is 3. The quantitative estimate of drug-likeness (QED) is 0.385. The number of carbonyl (C=O) groups is 2. The third kappa shape index (κ3) is 8.14. The van der Waals surface area contributed by atoms with Crippen LogP contribution in [0, 0.1) is 17.3 Å². The van der Waals surface area contributed by atoms with E-state index in [1.54, 1.807) is 7.11 Å². The molecule has 0 aromatic heterocycles. The van der Waals surface area contributed by atoms with Gasteiger partial charge in [0, 0.05) is 20.1 Å². The molecular weight excluding hydrogens is 344 g/mol. The molecule has 0 aliphatic carbocycles. The van der Waals surface area contributed by atoms with Crippen molar-refractivity contribution in [3.63, 3.8) is 0 Å². The highest BCUT2D eigenvalue weighted by atomic mass is 16.6. The molecule has 0 aliphatic heterocycles. The fourth-order valence-electron chi connectivity index (χ4n) is 3.66. The van der Waals surface area contributed by atoms with Crippen LogP contribution in [-0.2, 0) is 23.8 Å². The predicted octanol–water partition coefficient (Wildman–Crippen LogP) is 4.58. The molecule has 0 N–H and O–H groups in total. The molecule has 0 aromatic rings. The Morgan fingerprint density at radius 3 is 1.85 bits per heavy atom. The maximum atomic E-state index is 13.3. The second-order valence-electron chi connectivity index (χ2n) is 9.23. The Kier molecular flexibility index (Phi) is 9.91. The van der Waals surface area contributed by atoms with Gasteiger partial charge in [0.15, 0.2) is 0 Å². The lowest BCUT2D eigenvalue weighted by molar-refractivity contribution is -0.162. The Hall–Kier alpha value is -1.20. The van der Waals surface area contributed by atoms with Crippen molar-refractivity contribution in [2.24, 2.45) is 17.3 Å². The third-order valence-electron chi connectivity index (χ3n) is 4.91. The van der Waals surface area contributed by atoms with E-state index in [4.69, 9.17) is 14.2 Å². The number of rotatable bonds is 11. The summed E-state index contributed by atoms with van der Waals surface area (Å²) >= 11 is 0. The Bertz CT molecular complexity index is 515. The minimum Gasteiger partial charge on any atom is -0.460 e. The smallest absolute Gasteiger partial charge is 0.308 e. The van der Waals surface area contributed by atoms with Crippen molar-refractivity contribution in [2.45, 2.75) is 86.0 Å². The van der Waals surface area contributed by atoms with Gasteiger partial charge in [0.2, 0.25) is 0 Å². The Morgan fingerprint density at radius 2 is 1.48 bits per heavy atom. The van der Waals surface area contributed by atoms with Gasteiger partial charge >= 0.3 is 5.97 Å². The summed E-state index contributed by atoms with van der Waals surface area (Å²) in [6, 6.07) is 0. The fourth-order valence-corrected chi connectivity index (χ4v) is 3.66. The first-order valence-electron chi connectivity index (χ1n) is 9.63. The monoisotopic (exact) mass is 384 g/mol. The van der Waals surface area contributed by atoms with E-state index in [9.17, 15) is 9.59 Å². The van der Waals surface area contributed by atoms with E-state index in [0.29, 0.717) is 0 Å². The van der Waals surface area contributed by atoms with E-state index in [2.05, 4.69) is 13.5 Å². The molecule has 0 fully saturated rings. The molecule has 0 aliphatic rings. The highest BCUT2D eigenvalue weighted by Gasteiger charge is 2.43. The van der Waals surface area contributed by atoms with Crippen LogP contribution in [0.4, 0.5) is 0 Å². The van der Waals surface area contributed by atoms with Crippen molar-refractivity contribution < 1.29 is 23.8 Å². The molecule has 0 radical (unpaired) electrons. The largest absolute Gasteiger partial charge is 0.460 e. The van der Waals surface area contributed by atoms with Crippen LogP contribution < -0.4 is 0 Å². The first kappa shape index (κ1) is 25.8. The van der Waals surface area contributed by atoms with E-state index in [1.165, 1.54) is 7.11 Å². The number of allylic oxidation sites excluding steroid dienone is 1. The van der Waals surface area contributed by atoms with Crippen molar-refractivity contribution in [1.82, 2.24) is 0 Å². The molecule has 0 amide bonds. The van der Waals surface area contributed by atoms with Gasteiger partial charge in [-0.3, -0.25) is 9.59 Å². The average molecular weight is 385 g/mol. The summed E-state index contributed by atoms with van der Waals surface area (Å²) in [6.45, 7) is 19.0. The molecule has 5 nitrogen and oxygen atoms in total. The standard InChI is InChI=1S/C22H40O5/c1-14(2)12-15(3)19(26-11)16(4)20(24)22(8,9)17(25-10)13-18(23)27-21(5,6)7/h15-17,19H,1,12-13H2,2-11H3/t15-,16+,17-,19-/m0/s1. The van der Waals surface area contributed by atoms with Gasteiger partial charge in [-0.15, -0.1) is 6.58 Å². The van der Waals surface area contributed by atoms with Crippen LogP contribution in [0.2, 0.25) is 0 Å². The topological polar surface area (TPSA) is 61.8 Å². The molecule has 5 heteroatoms. The average Bonchev–Trinajstić information content (AvgIpc) is 2.49. The van der Waals surface area contributed by atoms with E-state index >= 15 is 0 Å². The summed E-state index contributed by atoms with van der Waals surface area (Å²) in [4.78, 5) is 25.5. The third-order valence-corrected chi connectivity index (χ3v) is 4.91. The molecule has 0 spiro atoms. The number of Topliss-reactive ketones (excluding diaryl/α,β-unsaturated/α-hetero) is 1. The molecule has 0 saturated heterocycles. The number of hydrogen-bond donors (Lipinski definition) is 0. The first-order chi connectivity index (χ1) is 12.2. The van der Waals surface area contributed by atoms with Crippen molar-refractivity contribution in [2.75, 3.05) is 14.2 Å². The van der Waals surface area contributed by atoms with Crippen LogP contribution in [0.1, 0.15) is 68.2 Å². The summed E-state index contributed by atoms with van der Waals surface area (Å²) < 4.78 is 16.6. The second-order valence-corrected chi connectivity index (χ2v) is 9.23. The number of hydrogen-bond acceptors (Lipinski definition) is 5. The molecule has 158 valence electrons. The summed E-state index contributed by atoms with van der Waals surface area (Å²) in [5.41, 5.74) is -0.371. The Labute approximate surface area is 165 Å². The SMILES string of the molecule is C=C(C)C[C@H](C)[C@H](OC)[C@@H](C)C(=O)C(C)(C)[C@H](CC(=O)OC(C)(C)C)OC. The van der Waals surface area contributed by atoms with Gasteiger partial charge in [-0.1, -0.05) is 33.3 Å². The van der Waals surface area contributed by atoms with Crippen LogP contribution in [0.15, 0.2) is 12.2 Å². The maximum absolute atomic E-state index is 13.3. The highest BCUT2D eigenvalue weighted by Crippen LogP contribution is 2.34. The maximum Gasteiger partial charge on any atom is 0.308 e. The number of esters is 1. The number of carbonyl (C=O) groups excluding carboxylic acids is 2. The van der Waals surface area contributed by atoms with E-state index in [-0.39, 0.29) is 36.1 Å². The van der Waals surface area contributed by atoms with Crippen molar-refractivity contribution >= 4 is 11.8 Å². The van der Waals surface area contributed by atoms with Crippen molar-refractivity contribution in [3.05, 3.63) is 12.2 Å². The zero-order valence-electron chi connectivity index (χ0n) is 19.0. The van der Waals surface area contributed by atoms with E-state index in [1.807, 2.05) is 48.5 Å². The highest BCUT2D eigenvalue weighted by molar-refractivity contribution is 5.88. The van der Waals surface area contributed by atoms with Crippen LogP contribution in [0.5, 0.6) is 0 Å². The lowest BCUT2D eigenvalue weighted by Gasteiger charge is -2.37. The molecule has 0 unspecified atom stereocenters. The van der Waals surface area contributed by atoms with Crippen LogP contribution in [0.25, 0.3) is 0 Å². The number of ketones is 1. The van der Waals surface area contributed by atoms with E-state index in [0.717, 1.165) is 12.0 Å². The van der Waals surface area contributed by atoms with Gasteiger partial charge in [0.25, 0.3) is 0 Å². The van der Waals surface area contributed by atoms with Crippen LogP contribution >= 0.6 is 0 Å². The van der Waals surface area contributed by atoms with Gasteiger partial charge < -0.3 is 14.2 Å². The molecular formula is C22H40O5. The normalized spacial score (nSPS) is 17.0. The molecule has 0 bridgehead atoms. The molecule has 0 saturated carbocycles. The van der Waals surface area contributed by atoms with Gasteiger partial charge in [-0.2, -0.15) is 0 Å². The molecule has 27 heavy (non-hydrogen) atoms. The lowest BCUT2D eigenvalue weighted by Crippen LogP contribution is -2.47. The summed E-state index contributed by atoms with van der Waals surface area (Å²) in [5.74, 6) is -0.537. The fraction of sp³-hybridized carbons (Fsp3) is 0.818. The molecule has 0 aromatic carbocycles. The first-order valence-corrected chi connectivity index (χ1v) is 9.63. The Morgan fingerprint density at radius 1 is 0.963 bits per heavy atom. The van der Waals surface area contributed by atoms with E-state index < -0.39 is 17.1 Å². The van der Waals surface area contributed by atoms with Gasteiger partial charge in [-0.25, -0.2) is 0 Å². The molecule has 0 heterocycles. The van der Waals surface area contributed by atoms with Crippen LogP contribution in [0.3, 0.4) is 0 Å². The minimum absolute atomic E-state index is 0.0123.